The Hall–Kier alpha value is -3.06. The summed E-state index contributed by atoms with van der Waals surface area (Å²) in [7, 11) is 1.60. The third-order valence-corrected chi connectivity index (χ3v) is 7.43. The zero-order valence-corrected chi connectivity index (χ0v) is 21.7. The number of likely N-dealkylation sites (tertiary alicyclic amines) is 1. The highest BCUT2D eigenvalue weighted by molar-refractivity contribution is 8.14. The standard InChI is InChI=1S/C28H33N3O3S/c1-19(2)22-10-8-21(9-11-22)16-25-27(33)31(23-6-5-7-24(17-23)34-4)28(29-25)35-18-26(32)30-14-12-20(3)13-15-30/h5-11,16-17,19-20H,12-15,18H2,1-4H3. The lowest BCUT2D eigenvalue weighted by Crippen LogP contribution is -2.39. The lowest BCUT2D eigenvalue weighted by molar-refractivity contribution is -0.129. The first-order valence-corrected chi connectivity index (χ1v) is 13.1. The number of thioether (sulfide) groups is 1. The van der Waals surface area contributed by atoms with Crippen LogP contribution >= 0.6 is 11.8 Å². The van der Waals surface area contributed by atoms with Crippen molar-refractivity contribution in [3.63, 3.8) is 0 Å². The first-order chi connectivity index (χ1) is 16.9. The van der Waals surface area contributed by atoms with E-state index in [4.69, 9.17) is 4.74 Å². The molecule has 2 aliphatic heterocycles. The van der Waals surface area contributed by atoms with E-state index in [0.29, 0.717) is 34.1 Å². The number of rotatable bonds is 6. The Morgan fingerprint density at radius 2 is 1.89 bits per heavy atom. The minimum Gasteiger partial charge on any atom is -0.497 e. The van der Waals surface area contributed by atoms with Gasteiger partial charge in [0.1, 0.15) is 11.4 Å². The number of ether oxygens (including phenoxy) is 1. The first kappa shape index (κ1) is 25.0. The van der Waals surface area contributed by atoms with Gasteiger partial charge >= 0.3 is 0 Å². The molecule has 2 amide bonds. The van der Waals surface area contributed by atoms with E-state index in [9.17, 15) is 9.59 Å². The molecule has 0 spiro atoms. The summed E-state index contributed by atoms with van der Waals surface area (Å²) in [5.74, 6) is 1.87. The number of hydrogen-bond acceptors (Lipinski definition) is 5. The van der Waals surface area contributed by atoms with Crippen molar-refractivity contribution < 1.29 is 14.3 Å². The van der Waals surface area contributed by atoms with Crippen LogP contribution in [0, 0.1) is 5.92 Å². The third kappa shape index (κ3) is 5.96. The number of amides is 2. The van der Waals surface area contributed by atoms with Crippen LogP contribution in [0.3, 0.4) is 0 Å². The van der Waals surface area contributed by atoms with Gasteiger partial charge in [-0.15, -0.1) is 0 Å². The molecule has 35 heavy (non-hydrogen) atoms. The molecule has 0 aliphatic carbocycles. The molecule has 1 saturated heterocycles. The Morgan fingerprint density at radius 1 is 1.17 bits per heavy atom. The van der Waals surface area contributed by atoms with Crippen molar-refractivity contribution in [2.45, 2.75) is 39.5 Å². The highest BCUT2D eigenvalue weighted by Crippen LogP contribution is 2.32. The van der Waals surface area contributed by atoms with E-state index in [1.807, 2.05) is 41.3 Å². The predicted molar refractivity (Wildman–Crippen MR) is 144 cm³/mol. The van der Waals surface area contributed by atoms with E-state index in [2.05, 4.69) is 37.9 Å². The maximum Gasteiger partial charge on any atom is 0.283 e. The van der Waals surface area contributed by atoms with Crippen molar-refractivity contribution in [2.75, 3.05) is 30.9 Å². The lowest BCUT2D eigenvalue weighted by Gasteiger charge is -2.30. The molecule has 0 N–H and O–H groups in total. The van der Waals surface area contributed by atoms with Gasteiger partial charge in [-0.1, -0.05) is 62.9 Å². The average molecular weight is 492 g/mol. The summed E-state index contributed by atoms with van der Waals surface area (Å²) < 4.78 is 5.36. The van der Waals surface area contributed by atoms with Gasteiger partial charge in [-0.05, 0) is 54.0 Å². The second kappa shape index (κ2) is 11.1. The molecule has 7 heteroatoms. The van der Waals surface area contributed by atoms with E-state index in [1.165, 1.54) is 17.3 Å². The molecule has 0 bridgehead atoms. The van der Waals surface area contributed by atoms with Crippen LogP contribution in [0.25, 0.3) is 6.08 Å². The van der Waals surface area contributed by atoms with E-state index < -0.39 is 0 Å². The molecule has 0 saturated carbocycles. The van der Waals surface area contributed by atoms with Crippen LogP contribution in [-0.4, -0.2) is 47.8 Å². The number of carbonyl (C=O) groups excluding carboxylic acids is 2. The normalized spacial score (nSPS) is 17.9. The third-order valence-electron chi connectivity index (χ3n) is 6.51. The number of nitrogens with zero attached hydrogens (tertiary/aromatic N) is 3. The quantitative estimate of drug-likeness (QED) is 0.497. The Morgan fingerprint density at radius 3 is 2.54 bits per heavy atom. The fraction of sp³-hybridized carbons (Fsp3) is 0.393. The maximum absolute atomic E-state index is 13.5. The predicted octanol–water partition coefficient (Wildman–Crippen LogP) is 5.55. The van der Waals surface area contributed by atoms with Crippen LogP contribution in [0.5, 0.6) is 5.75 Å². The lowest BCUT2D eigenvalue weighted by atomic mass is 9.99. The molecule has 6 nitrogen and oxygen atoms in total. The molecule has 2 aromatic rings. The van der Waals surface area contributed by atoms with Crippen molar-refractivity contribution in [1.82, 2.24) is 4.90 Å². The number of hydrogen-bond donors (Lipinski definition) is 0. The van der Waals surface area contributed by atoms with Gasteiger partial charge in [-0.2, -0.15) is 0 Å². The number of carbonyl (C=O) groups is 2. The zero-order valence-electron chi connectivity index (χ0n) is 20.9. The van der Waals surface area contributed by atoms with Crippen LogP contribution in [-0.2, 0) is 9.59 Å². The van der Waals surface area contributed by atoms with Crippen LogP contribution in [0.4, 0.5) is 5.69 Å². The minimum absolute atomic E-state index is 0.0874. The van der Waals surface area contributed by atoms with Gasteiger partial charge in [0, 0.05) is 19.2 Å². The fourth-order valence-corrected chi connectivity index (χ4v) is 5.10. The van der Waals surface area contributed by atoms with E-state index in [1.54, 1.807) is 18.1 Å². The molecular weight excluding hydrogens is 458 g/mol. The van der Waals surface area contributed by atoms with Crippen molar-refractivity contribution in [1.29, 1.82) is 0 Å². The summed E-state index contributed by atoms with van der Waals surface area (Å²) in [4.78, 5) is 34.5. The van der Waals surface area contributed by atoms with Crippen LogP contribution in [0.15, 0.2) is 59.2 Å². The average Bonchev–Trinajstić information content (AvgIpc) is 3.18. The number of benzene rings is 2. The van der Waals surface area contributed by atoms with Gasteiger partial charge in [-0.25, -0.2) is 4.99 Å². The van der Waals surface area contributed by atoms with Gasteiger partial charge in [0.15, 0.2) is 5.17 Å². The van der Waals surface area contributed by atoms with Crippen molar-refractivity contribution in [3.8, 4) is 5.75 Å². The molecule has 2 heterocycles. The van der Waals surface area contributed by atoms with E-state index in [-0.39, 0.29) is 17.6 Å². The molecule has 184 valence electrons. The molecule has 4 rings (SSSR count). The molecule has 0 unspecified atom stereocenters. The first-order valence-electron chi connectivity index (χ1n) is 12.1. The van der Waals surface area contributed by atoms with Crippen molar-refractivity contribution in [3.05, 3.63) is 65.4 Å². The highest BCUT2D eigenvalue weighted by Gasteiger charge is 2.33. The van der Waals surface area contributed by atoms with E-state index in [0.717, 1.165) is 31.5 Å². The Labute approximate surface area is 212 Å². The molecule has 0 radical (unpaired) electrons. The van der Waals surface area contributed by atoms with Crippen molar-refractivity contribution >= 4 is 40.5 Å². The molecule has 1 fully saturated rings. The summed E-state index contributed by atoms with van der Waals surface area (Å²) in [6, 6.07) is 15.5. The van der Waals surface area contributed by atoms with Crippen LogP contribution in [0.2, 0.25) is 0 Å². The maximum atomic E-state index is 13.5. The summed E-state index contributed by atoms with van der Waals surface area (Å²) >= 11 is 1.31. The van der Waals surface area contributed by atoms with Gasteiger partial charge in [0.2, 0.25) is 5.91 Å². The molecule has 2 aliphatic rings. The smallest absolute Gasteiger partial charge is 0.283 e. The number of aliphatic imine (C=N–C) groups is 1. The highest BCUT2D eigenvalue weighted by atomic mass is 32.2. The largest absolute Gasteiger partial charge is 0.497 e. The topological polar surface area (TPSA) is 62.2 Å². The van der Waals surface area contributed by atoms with Gasteiger partial charge < -0.3 is 9.64 Å². The SMILES string of the molecule is COc1cccc(N2C(=O)C(=Cc3ccc(C(C)C)cc3)N=C2SCC(=O)N2CCC(C)CC2)c1. The van der Waals surface area contributed by atoms with E-state index >= 15 is 0 Å². The Kier molecular flexibility index (Phi) is 7.96. The molecule has 2 aromatic carbocycles. The molecule has 0 aromatic heterocycles. The van der Waals surface area contributed by atoms with Crippen LogP contribution < -0.4 is 9.64 Å². The summed E-state index contributed by atoms with van der Waals surface area (Å²) in [6.45, 7) is 8.12. The monoisotopic (exact) mass is 491 g/mol. The second-order valence-electron chi connectivity index (χ2n) is 9.44. The minimum atomic E-state index is -0.215. The van der Waals surface area contributed by atoms with Crippen molar-refractivity contribution in [2.24, 2.45) is 10.9 Å². The summed E-state index contributed by atoms with van der Waals surface area (Å²) in [5.41, 5.74) is 3.18. The van der Waals surface area contributed by atoms with Gasteiger partial charge in [0.05, 0.1) is 18.6 Å². The molecular formula is C28H33N3O3S. The van der Waals surface area contributed by atoms with Gasteiger partial charge in [-0.3, -0.25) is 14.5 Å². The number of anilines is 1. The Balaban J connectivity index is 1.58. The number of methoxy groups -OCH3 is 1. The zero-order chi connectivity index (χ0) is 24.9. The van der Waals surface area contributed by atoms with Gasteiger partial charge in [0.25, 0.3) is 5.91 Å². The molecule has 0 atom stereocenters. The van der Waals surface area contributed by atoms with Crippen LogP contribution in [0.1, 0.15) is 50.7 Å². The summed E-state index contributed by atoms with van der Waals surface area (Å²) in [6.07, 6.45) is 3.88. The summed E-state index contributed by atoms with van der Waals surface area (Å²) in [5, 5.41) is 0.507. The number of amidine groups is 1. The fourth-order valence-electron chi connectivity index (χ4n) is 4.18. The second-order valence-corrected chi connectivity index (χ2v) is 10.4. The number of piperidine rings is 1. The Bertz CT molecular complexity index is 1130.